The van der Waals surface area contributed by atoms with Crippen molar-refractivity contribution in [1.29, 1.82) is 0 Å². The molecule has 1 amide bonds. The molecule has 1 N–H and O–H groups in total. The number of nitrogens with zero attached hydrogens (tertiary/aromatic N) is 1. The van der Waals surface area contributed by atoms with E-state index in [9.17, 15) is 17.6 Å². The molecule has 2 bridgehead atoms. The average molecular weight is 433 g/mol. The third-order valence-corrected chi connectivity index (χ3v) is 7.92. The van der Waals surface area contributed by atoms with Crippen LogP contribution in [0.3, 0.4) is 0 Å². The SMILES string of the molecule is COc1ccc(S(=O)(=O)N(CC(=O)N[C@H]2C[C@H]3CC[C@H]2C3)c2ccc(F)cc2)cc1. The Bertz CT molecular complexity index is 1010. The summed E-state index contributed by atoms with van der Waals surface area (Å²) >= 11 is 0. The standard InChI is InChI=1S/C22H25FN2O4S/c1-29-19-8-10-20(11-9-19)30(27,28)25(18-6-4-17(23)5-7-18)14-22(26)24-21-13-15-2-3-16(21)12-15/h4-11,15-16,21H,2-3,12-14H2,1H3,(H,24,26)/t15-,16-,21-/m0/s1. The summed E-state index contributed by atoms with van der Waals surface area (Å²) in [5, 5.41) is 3.02. The van der Waals surface area contributed by atoms with Gasteiger partial charge in [-0.1, -0.05) is 6.42 Å². The quantitative estimate of drug-likeness (QED) is 0.728. The van der Waals surface area contributed by atoms with Crippen LogP contribution < -0.4 is 14.4 Å². The highest BCUT2D eigenvalue weighted by Crippen LogP contribution is 2.44. The number of fused-ring (bicyclic) bond motifs is 2. The van der Waals surface area contributed by atoms with E-state index in [0.29, 0.717) is 17.6 Å². The highest BCUT2D eigenvalue weighted by molar-refractivity contribution is 7.92. The Kier molecular flexibility index (Phi) is 5.69. The topological polar surface area (TPSA) is 75.7 Å². The van der Waals surface area contributed by atoms with Crippen LogP contribution in [0.2, 0.25) is 0 Å². The largest absolute Gasteiger partial charge is 0.497 e. The van der Waals surface area contributed by atoms with Gasteiger partial charge in [-0.3, -0.25) is 9.10 Å². The minimum absolute atomic E-state index is 0.0281. The van der Waals surface area contributed by atoms with Gasteiger partial charge in [-0.15, -0.1) is 0 Å². The summed E-state index contributed by atoms with van der Waals surface area (Å²) in [5.41, 5.74) is 0.232. The molecule has 0 saturated heterocycles. The molecule has 4 rings (SSSR count). The maximum atomic E-state index is 13.4. The van der Waals surface area contributed by atoms with Crippen molar-refractivity contribution >= 4 is 21.6 Å². The molecular weight excluding hydrogens is 407 g/mol. The molecule has 2 saturated carbocycles. The van der Waals surface area contributed by atoms with Gasteiger partial charge in [-0.05, 0) is 79.6 Å². The minimum atomic E-state index is -4.04. The van der Waals surface area contributed by atoms with Crippen molar-refractivity contribution in [1.82, 2.24) is 5.32 Å². The first-order valence-corrected chi connectivity index (χ1v) is 11.5. The monoisotopic (exact) mass is 432 g/mol. The summed E-state index contributed by atoms with van der Waals surface area (Å²) in [5.74, 6) is 0.838. The second-order valence-corrected chi connectivity index (χ2v) is 9.87. The maximum absolute atomic E-state index is 13.4. The van der Waals surface area contributed by atoms with Crippen molar-refractivity contribution in [2.24, 2.45) is 11.8 Å². The van der Waals surface area contributed by atoms with Gasteiger partial charge in [-0.25, -0.2) is 12.8 Å². The first-order valence-electron chi connectivity index (χ1n) is 10.1. The van der Waals surface area contributed by atoms with Gasteiger partial charge < -0.3 is 10.1 Å². The summed E-state index contributed by atoms with van der Waals surface area (Å²) in [4.78, 5) is 12.8. The lowest BCUT2D eigenvalue weighted by Gasteiger charge is -2.27. The second-order valence-electron chi connectivity index (χ2n) is 8.01. The normalized spacial score (nSPS) is 22.7. The van der Waals surface area contributed by atoms with Crippen LogP contribution in [0.5, 0.6) is 5.75 Å². The summed E-state index contributed by atoms with van der Waals surface area (Å²) in [6.45, 7) is -0.367. The fraction of sp³-hybridized carbons (Fsp3) is 0.409. The van der Waals surface area contributed by atoms with E-state index in [2.05, 4.69) is 5.32 Å². The molecule has 2 aliphatic carbocycles. The first kappa shape index (κ1) is 20.7. The van der Waals surface area contributed by atoms with E-state index in [1.54, 1.807) is 12.1 Å². The average Bonchev–Trinajstić information content (AvgIpc) is 3.36. The van der Waals surface area contributed by atoms with Crippen molar-refractivity contribution in [3.05, 3.63) is 54.3 Å². The second kappa shape index (κ2) is 8.26. The van der Waals surface area contributed by atoms with Gasteiger partial charge in [0.2, 0.25) is 5.91 Å². The van der Waals surface area contributed by atoms with E-state index in [0.717, 1.165) is 23.6 Å². The van der Waals surface area contributed by atoms with Gasteiger partial charge in [0.1, 0.15) is 18.1 Å². The van der Waals surface area contributed by atoms with E-state index in [1.165, 1.54) is 49.9 Å². The van der Waals surface area contributed by atoms with Crippen molar-refractivity contribution in [3.8, 4) is 5.75 Å². The van der Waals surface area contributed by atoms with Crippen LogP contribution in [0.1, 0.15) is 25.7 Å². The van der Waals surface area contributed by atoms with Gasteiger partial charge in [0.25, 0.3) is 10.0 Å². The molecule has 3 atom stereocenters. The lowest BCUT2D eigenvalue weighted by atomic mass is 9.95. The lowest BCUT2D eigenvalue weighted by Crippen LogP contribution is -2.46. The lowest BCUT2D eigenvalue weighted by molar-refractivity contribution is -0.120. The van der Waals surface area contributed by atoms with Crippen LogP contribution in [0.25, 0.3) is 0 Å². The summed E-state index contributed by atoms with van der Waals surface area (Å²) in [6, 6.07) is 11.1. The molecule has 30 heavy (non-hydrogen) atoms. The molecule has 0 aliphatic heterocycles. The third-order valence-electron chi connectivity index (χ3n) is 6.13. The Morgan fingerprint density at radius 2 is 1.80 bits per heavy atom. The molecular formula is C22H25FN2O4S. The number of methoxy groups -OCH3 is 1. The van der Waals surface area contributed by atoms with Crippen molar-refractivity contribution in [2.75, 3.05) is 18.0 Å². The zero-order valence-electron chi connectivity index (χ0n) is 16.8. The number of amides is 1. The Morgan fingerprint density at radius 3 is 2.37 bits per heavy atom. The number of carbonyl (C=O) groups is 1. The van der Waals surface area contributed by atoms with Crippen LogP contribution in [-0.4, -0.2) is 34.0 Å². The van der Waals surface area contributed by atoms with Crippen LogP contribution in [0.4, 0.5) is 10.1 Å². The number of hydrogen-bond donors (Lipinski definition) is 1. The van der Waals surface area contributed by atoms with E-state index >= 15 is 0 Å². The van der Waals surface area contributed by atoms with Gasteiger partial charge >= 0.3 is 0 Å². The van der Waals surface area contributed by atoms with Crippen LogP contribution in [-0.2, 0) is 14.8 Å². The Balaban J connectivity index is 1.58. The van der Waals surface area contributed by atoms with Crippen LogP contribution in [0, 0.1) is 17.7 Å². The smallest absolute Gasteiger partial charge is 0.264 e. The summed E-state index contributed by atoms with van der Waals surface area (Å²) in [7, 11) is -2.54. The maximum Gasteiger partial charge on any atom is 0.264 e. The zero-order chi connectivity index (χ0) is 21.3. The molecule has 2 aliphatic rings. The molecule has 0 unspecified atom stereocenters. The van der Waals surface area contributed by atoms with Gasteiger partial charge in [0.15, 0.2) is 0 Å². The van der Waals surface area contributed by atoms with E-state index in [-0.39, 0.29) is 29.1 Å². The van der Waals surface area contributed by atoms with Crippen molar-refractivity contribution in [3.63, 3.8) is 0 Å². The highest BCUT2D eigenvalue weighted by Gasteiger charge is 2.40. The number of carbonyl (C=O) groups excluding carboxylic acids is 1. The van der Waals surface area contributed by atoms with Gasteiger partial charge in [0.05, 0.1) is 17.7 Å². The van der Waals surface area contributed by atoms with E-state index < -0.39 is 15.8 Å². The van der Waals surface area contributed by atoms with E-state index in [4.69, 9.17) is 4.74 Å². The van der Waals surface area contributed by atoms with E-state index in [1.807, 2.05) is 0 Å². The predicted octanol–water partition coefficient (Wildman–Crippen LogP) is 3.33. The number of rotatable bonds is 7. The molecule has 0 radical (unpaired) electrons. The third kappa shape index (κ3) is 4.14. The molecule has 0 spiro atoms. The molecule has 8 heteroatoms. The fourth-order valence-electron chi connectivity index (χ4n) is 4.60. The number of sulfonamides is 1. The molecule has 160 valence electrons. The van der Waals surface area contributed by atoms with Crippen LogP contribution >= 0.6 is 0 Å². The minimum Gasteiger partial charge on any atom is -0.497 e. The number of benzene rings is 2. The molecule has 2 aromatic carbocycles. The van der Waals surface area contributed by atoms with Gasteiger partial charge in [-0.2, -0.15) is 0 Å². The molecule has 0 heterocycles. The van der Waals surface area contributed by atoms with Crippen molar-refractivity contribution < 1.29 is 22.3 Å². The molecule has 0 aromatic heterocycles. The number of nitrogens with one attached hydrogen (secondary N) is 1. The first-order chi connectivity index (χ1) is 14.4. The Morgan fingerprint density at radius 1 is 1.10 bits per heavy atom. The highest BCUT2D eigenvalue weighted by atomic mass is 32.2. The zero-order valence-corrected chi connectivity index (χ0v) is 17.6. The molecule has 2 aromatic rings. The number of ether oxygens (including phenoxy) is 1. The Hall–Kier alpha value is -2.61. The fourth-order valence-corrected chi connectivity index (χ4v) is 6.02. The number of anilines is 1. The number of halogens is 1. The Labute approximate surface area is 176 Å². The summed E-state index contributed by atoms with van der Waals surface area (Å²) in [6.07, 6.45) is 4.42. The molecule has 2 fully saturated rings. The van der Waals surface area contributed by atoms with Crippen molar-refractivity contribution in [2.45, 2.75) is 36.6 Å². The van der Waals surface area contributed by atoms with Gasteiger partial charge in [0, 0.05) is 6.04 Å². The molecule has 6 nitrogen and oxygen atoms in total. The predicted molar refractivity (Wildman–Crippen MR) is 111 cm³/mol. The van der Waals surface area contributed by atoms with Crippen LogP contribution in [0.15, 0.2) is 53.4 Å². The summed E-state index contributed by atoms with van der Waals surface area (Å²) < 4.78 is 46.2. The number of hydrogen-bond acceptors (Lipinski definition) is 4.